The number of ether oxygens (including phenoxy) is 2. The molecule has 3 heteroatoms. The highest BCUT2D eigenvalue weighted by molar-refractivity contribution is 4.64. The van der Waals surface area contributed by atoms with Gasteiger partial charge in [0.25, 0.3) is 0 Å². The molecule has 1 saturated heterocycles. The van der Waals surface area contributed by atoms with Crippen molar-refractivity contribution >= 4 is 0 Å². The lowest BCUT2D eigenvalue weighted by molar-refractivity contribution is -0.132. The molecule has 0 saturated carbocycles. The quantitative estimate of drug-likeness (QED) is 0.614. The topological polar surface area (TPSA) is 38.7 Å². The van der Waals surface area contributed by atoms with Crippen molar-refractivity contribution in [1.82, 2.24) is 0 Å². The molecule has 1 fully saturated rings. The van der Waals surface area contributed by atoms with Gasteiger partial charge in [-0.1, -0.05) is 0 Å². The fraction of sp³-hybridized carbons (Fsp3) is 1.00. The number of hydrogen-bond donors (Lipinski definition) is 1. The van der Waals surface area contributed by atoms with Crippen LogP contribution in [0.4, 0.5) is 0 Å². The highest BCUT2D eigenvalue weighted by atomic mass is 16.6. The zero-order valence-corrected chi connectivity index (χ0v) is 6.25. The second kappa shape index (κ2) is 3.91. The smallest absolute Gasteiger partial charge is 0.104 e. The summed E-state index contributed by atoms with van der Waals surface area (Å²) in [5.74, 6) is 0. The summed E-state index contributed by atoms with van der Waals surface area (Å²) < 4.78 is 10.2. The molecule has 0 spiro atoms. The van der Waals surface area contributed by atoms with Crippen molar-refractivity contribution in [2.75, 3.05) is 19.8 Å². The minimum atomic E-state index is -0.249. The van der Waals surface area contributed by atoms with Crippen LogP contribution < -0.4 is 0 Å². The normalized spacial score (nSPS) is 22.2. The first kappa shape index (κ1) is 7.98. The van der Waals surface area contributed by atoms with Gasteiger partial charge in [0.1, 0.15) is 6.10 Å². The van der Waals surface area contributed by atoms with Gasteiger partial charge in [0.05, 0.1) is 19.3 Å². The summed E-state index contributed by atoms with van der Waals surface area (Å²) >= 11 is 0. The van der Waals surface area contributed by atoms with Crippen LogP contribution in [-0.2, 0) is 9.47 Å². The van der Waals surface area contributed by atoms with E-state index in [4.69, 9.17) is 14.6 Å². The minimum Gasteiger partial charge on any atom is -0.393 e. The maximum atomic E-state index is 8.84. The molecule has 60 valence electrons. The van der Waals surface area contributed by atoms with Gasteiger partial charge in [-0.2, -0.15) is 0 Å². The Morgan fingerprint density at radius 1 is 1.70 bits per heavy atom. The summed E-state index contributed by atoms with van der Waals surface area (Å²) in [7, 11) is 0. The van der Waals surface area contributed by atoms with E-state index in [1.807, 2.05) is 0 Å². The van der Waals surface area contributed by atoms with E-state index in [0.717, 1.165) is 19.6 Å². The highest BCUT2D eigenvalue weighted by Gasteiger charge is 2.18. The number of aliphatic hydroxyl groups excluding tert-OH is 1. The lowest BCUT2D eigenvalue weighted by Crippen LogP contribution is -2.36. The van der Waals surface area contributed by atoms with Crippen LogP contribution in [0.5, 0.6) is 0 Å². The van der Waals surface area contributed by atoms with Gasteiger partial charge in [0.15, 0.2) is 0 Å². The predicted octanol–water partition coefficient (Wildman–Crippen LogP) is 0.173. The van der Waals surface area contributed by atoms with Crippen LogP contribution >= 0.6 is 0 Å². The highest BCUT2D eigenvalue weighted by Crippen LogP contribution is 2.05. The zero-order chi connectivity index (χ0) is 7.40. The number of aliphatic hydroxyl groups is 1. The maximum Gasteiger partial charge on any atom is 0.104 e. The number of rotatable bonds is 4. The molecule has 0 aliphatic carbocycles. The van der Waals surface area contributed by atoms with E-state index in [1.54, 1.807) is 6.92 Å². The first-order valence-electron chi connectivity index (χ1n) is 3.66. The lowest BCUT2D eigenvalue weighted by Gasteiger charge is -2.26. The fourth-order valence-electron chi connectivity index (χ4n) is 0.716. The first-order chi connectivity index (χ1) is 4.79. The Hall–Kier alpha value is -0.120. The average molecular weight is 146 g/mol. The van der Waals surface area contributed by atoms with Gasteiger partial charge in [-0.3, -0.25) is 0 Å². The van der Waals surface area contributed by atoms with E-state index < -0.39 is 0 Å². The Bertz CT molecular complexity index is 88.9. The van der Waals surface area contributed by atoms with Crippen molar-refractivity contribution in [3.05, 3.63) is 0 Å². The molecule has 1 unspecified atom stereocenters. The van der Waals surface area contributed by atoms with Gasteiger partial charge < -0.3 is 14.6 Å². The molecule has 0 amide bonds. The van der Waals surface area contributed by atoms with Crippen LogP contribution in [-0.4, -0.2) is 37.1 Å². The van der Waals surface area contributed by atoms with Gasteiger partial charge >= 0.3 is 0 Å². The van der Waals surface area contributed by atoms with Gasteiger partial charge in [-0.15, -0.1) is 0 Å². The van der Waals surface area contributed by atoms with Gasteiger partial charge in [-0.25, -0.2) is 0 Å². The molecular weight excluding hydrogens is 132 g/mol. The van der Waals surface area contributed by atoms with Crippen molar-refractivity contribution in [2.24, 2.45) is 0 Å². The molecule has 1 aliphatic heterocycles. The molecule has 3 nitrogen and oxygen atoms in total. The second-order valence-corrected chi connectivity index (χ2v) is 2.67. The van der Waals surface area contributed by atoms with Crippen LogP contribution in [0.3, 0.4) is 0 Å². The zero-order valence-electron chi connectivity index (χ0n) is 6.25. The largest absolute Gasteiger partial charge is 0.393 e. The third-order valence-corrected chi connectivity index (χ3v) is 1.50. The van der Waals surface area contributed by atoms with Crippen molar-refractivity contribution in [2.45, 2.75) is 25.6 Å². The Kier molecular flexibility index (Phi) is 3.12. The van der Waals surface area contributed by atoms with Gasteiger partial charge in [0.2, 0.25) is 0 Å². The van der Waals surface area contributed by atoms with E-state index >= 15 is 0 Å². The summed E-state index contributed by atoms with van der Waals surface area (Å²) in [5.41, 5.74) is 0. The third-order valence-electron chi connectivity index (χ3n) is 1.50. The summed E-state index contributed by atoms with van der Waals surface area (Å²) in [6, 6.07) is 0. The van der Waals surface area contributed by atoms with Gasteiger partial charge in [-0.05, 0) is 13.3 Å². The molecular formula is C7H14O3. The van der Waals surface area contributed by atoms with Crippen LogP contribution in [0, 0.1) is 0 Å². The van der Waals surface area contributed by atoms with Crippen LogP contribution in [0.25, 0.3) is 0 Å². The van der Waals surface area contributed by atoms with E-state index in [0.29, 0.717) is 12.7 Å². The molecule has 0 bridgehead atoms. The molecule has 0 radical (unpaired) electrons. The summed E-state index contributed by atoms with van der Waals surface area (Å²) in [6.45, 7) is 3.85. The van der Waals surface area contributed by atoms with Crippen LogP contribution in [0.15, 0.2) is 0 Å². The van der Waals surface area contributed by atoms with E-state index in [2.05, 4.69) is 0 Å². The van der Waals surface area contributed by atoms with Crippen molar-refractivity contribution in [3.63, 3.8) is 0 Å². The minimum absolute atomic E-state index is 0.249. The van der Waals surface area contributed by atoms with E-state index in [1.165, 1.54) is 0 Å². The molecule has 1 aliphatic rings. The number of hydrogen-bond acceptors (Lipinski definition) is 3. The Morgan fingerprint density at radius 3 is 2.80 bits per heavy atom. The summed E-state index contributed by atoms with van der Waals surface area (Å²) in [5, 5.41) is 8.84. The van der Waals surface area contributed by atoms with Crippen LogP contribution in [0.1, 0.15) is 13.3 Å². The second-order valence-electron chi connectivity index (χ2n) is 2.67. The molecule has 1 rings (SSSR count). The van der Waals surface area contributed by atoms with Crippen molar-refractivity contribution < 1.29 is 14.6 Å². The Morgan fingerprint density at radius 2 is 2.40 bits per heavy atom. The van der Waals surface area contributed by atoms with Gasteiger partial charge in [0, 0.05) is 6.61 Å². The molecule has 1 heterocycles. The average Bonchev–Trinajstić information content (AvgIpc) is 1.75. The molecule has 0 aromatic heterocycles. The standard InChI is InChI=1S/C7H14O3/c1-6(8)2-3-10-7-4-9-5-7/h6-8H,2-5H2,1H3. The molecule has 0 aromatic carbocycles. The van der Waals surface area contributed by atoms with E-state index in [-0.39, 0.29) is 6.10 Å². The first-order valence-corrected chi connectivity index (χ1v) is 3.66. The van der Waals surface area contributed by atoms with E-state index in [9.17, 15) is 0 Å². The summed E-state index contributed by atoms with van der Waals surface area (Å²) in [6.07, 6.45) is 0.760. The Balaban J connectivity index is 1.85. The molecule has 10 heavy (non-hydrogen) atoms. The monoisotopic (exact) mass is 146 g/mol. The predicted molar refractivity (Wildman–Crippen MR) is 36.9 cm³/mol. The SMILES string of the molecule is CC(O)CCOC1COC1. The Labute approximate surface area is 60.9 Å². The molecule has 1 atom stereocenters. The molecule has 1 N–H and O–H groups in total. The third kappa shape index (κ3) is 2.64. The fourth-order valence-corrected chi connectivity index (χ4v) is 0.716. The summed E-state index contributed by atoms with van der Waals surface area (Å²) in [4.78, 5) is 0. The van der Waals surface area contributed by atoms with Crippen LogP contribution in [0.2, 0.25) is 0 Å². The lowest BCUT2D eigenvalue weighted by atomic mass is 10.3. The molecule has 0 aromatic rings. The maximum absolute atomic E-state index is 8.84. The van der Waals surface area contributed by atoms with Crippen molar-refractivity contribution in [1.29, 1.82) is 0 Å². The van der Waals surface area contributed by atoms with Crippen molar-refractivity contribution in [3.8, 4) is 0 Å².